The maximum atomic E-state index is 4.19. The number of aromatic nitrogens is 1. The van der Waals surface area contributed by atoms with Crippen LogP contribution in [0.15, 0.2) is 140 Å². The van der Waals surface area contributed by atoms with E-state index < -0.39 is 0 Å². The molecule has 178 valence electrons. The Morgan fingerprint density at radius 3 is 1.78 bits per heavy atom. The highest BCUT2D eigenvalue weighted by Gasteiger charge is 2.22. The molecule has 0 fully saturated rings. The van der Waals surface area contributed by atoms with Crippen molar-refractivity contribution in [1.82, 2.24) is 4.57 Å². The average molecular weight is 476 g/mol. The Labute approximate surface area is 218 Å². The molecule has 0 saturated carbocycles. The number of allylic oxidation sites excluding steroid dienone is 8. The summed E-state index contributed by atoms with van der Waals surface area (Å²) in [6.07, 6.45) is 8.28. The summed E-state index contributed by atoms with van der Waals surface area (Å²) in [7, 11) is 0. The molecular formula is C36H29N. The lowest BCUT2D eigenvalue weighted by atomic mass is 9.81. The monoisotopic (exact) mass is 475 g/mol. The molecule has 0 bridgehead atoms. The summed E-state index contributed by atoms with van der Waals surface area (Å²) in [6, 6.07) is 32.8. The van der Waals surface area contributed by atoms with Crippen molar-refractivity contribution in [2.75, 3.05) is 0 Å². The van der Waals surface area contributed by atoms with Crippen LogP contribution in [0.3, 0.4) is 0 Å². The fourth-order valence-electron chi connectivity index (χ4n) is 5.84. The largest absolute Gasteiger partial charge is 0.309 e. The maximum Gasteiger partial charge on any atom is 0.0541 e. The Balaban J connectivity index is 1.74. The van der Waals surface area contributed by atoms with E-state index >= 15 is 0 Å². The molecule has 1 aliphatic carbocycles. The average Bonchev–Trinajstić information content (AvgIpc) is 3.28. The molecular weight excluding hydrogens is 446 g/mol. The van der Waals surface area contributed by atoms with Crippen molar-refractivity contribution in [3.8, 4) is 16.8 Å². The summed E-state index contributed by atoms with van der Waals surface area (Å²) in [5.74, 6) is 0. The molecule has 37 heavy (non-hydrogen) atoms. The van der Waals surface area contributed by atoms with E-state index in [0.29, 0.717) is 0 Å². The van der Waals surface area contributed by atoms with Crippen LogP contribution in [0.4, 0.5) is 0 Å². The normalized spacial score (nSPS) is 17.5. The van der Waals surface area contributed by atoms with Crippen LogP contribution in [0, 0.1) is 0 Å². The van der Waals surface area contributed by atoms with Crippen LogP contribution in [0.5, 0.6) is 0 Å². The lowest BCUT2D eigenvalue weighted by molar-refractivity contribution is 1.18. The molecule has 1 heterocycles. The van der Waals surface area contributed by atoms with Crippen molar-refractivity contribution >= 4 is 33.0 Å². The Morgan fingerprint density at radius 2 is 1.16 bits per heavy atom. The van der Waals surface area contributed by atoms with Gasteiger partial charge in [0, 0.05) is 16.5 Å². The maximum absolute atomic E-state index is 4.19. The minimum absolute atomic E-state index is 1.11. The van der Waals surface area contributed by atoms with E-state index in [1.54, 1.807) is 0 Å². The topological polar surface area (TPSA) is 4.93 Å². The van der Waals surface area contributed by atoms with Crippen LogP contribution in [0.2, 0.25) is 0 Å². The summed E-state index contributed by atoms with van der Waals surface area (Å²) in [4.78, 5) is 0. The molecule has 0 aliphatic heterocycles. The molecule has 6 rings (SSSR count). The molecule has 0 spiro atoms. The second-order valence-electron chi connectivity index (χ2n) is 9.42. The van der Waals surface area contributed by atoms with Crippen LogP contribution < -0.4 is 0 Å². The highest BCUT2D eigenvalue weighted by atomic mass is 15.0. The molecule has 0 amide bonds. The SMILES string of the molecule is C=CC1=C(\C=C)c2ccccc2-c2ccc(-n3c4ccccc4c4ccccc43)cc2C(/C=C\C)=C\1C. The van der Waals surface area contributed by atoms with E-state index in [0.717, 1.165) is 16.8 Å². The van der Waals surface area contributed by atoms with Crippen molar-refractivity contribution in [2.24, 2.45) is 0 Å². The van der Waals surface area contributed by atoms with Gasteiger partial charge in [-0.1, -0.05) is 104 Å². The van der Waals surface area contributed by atoms with E-state index in [2.05, 4.69) is 135 Å². The quantitative estimate of drug-likeness (QED) is 0.244. The lowest BCUT2D eigenvalue weighted by Gasteiger charge is -2.24. The Morgan fingerprint density at radius 1 is 0.595 bits per heavy atom. The van der Waals surface area contributed by atoms with Gasteiger partial charge in [-0.3, -0.25) is 0 Å². The summed E-state index contributed by atoms with van der Waals surface area (Å²) in [5, 5.41) is 2.53. The van der Waals surface area contributed by atoms with Crippen LogP contribution in [0.1, 0.15) is 25.0 Å². The highest BCUT2D eigenvalue weighted by molar-refractivity contribution is 6.09. The molecule has 1 nitrogen and oxygen atoms in total. The molecule has 1 aliphatic rings. The molecule has 0 unspecified atom stereocenters. The molecule has 4 aromatic carbocycles. The van der Waals surface area contributed by atoms with Gasteiger partial charge >= 0.3 is 0 Å². The Bertz CT molecular complexity index is 1760. The number of hydrogen-bond donors (Lipinski definition) is 0. The van der Waals surface area contributed by atoms with Crippen molar-refractivity contribution in [2.45, 2.75) is 13.8 Å². The zero-order valence-electron chi connectivity index (χ0n) is 21.3. The number of fused-ring (bicyclic) bond motifs is 6. The van der Waals surface area contributed by atoms with E-state index in [1.807, 2.05) is 12.2 Å². The van der Waals surface area contributed by atoms with Gasteiger partial charge in [0.15, 0.2) is 0 Å². The first-order chi connectivity index (χ1) is 18.2. The zero-order chi connectivity index (χ0) is 25.5. The van der Waals surface area contributed by atoms with Crippen molar-refractivity contribution in [3.05, 3.63) is 151 Å². The van der Waals surface area contributed by atoms with Gasteiger partial charge in [0.1, 0.15) is 0 Å². The first-order valence-electron chi connectivity index (χ1n) is 12.7. The second-order valence-corrected chi connectivity index (χ2v) is 9.42. The smallest absolute Gasteiger partial charge is 0.0541 e. The van der Waals surface area contributed by atoms with Gasteiger partial charge in [0.25, 0.3) is 0 Å². The van der Waals surface area contributed by atoms with Gasteiger partial charge in [-0.25, -0.2) is 0 Å². The number of rotatable bonds is 4. The molecule has 0 atom stereocenters. The van der Waals surface area contributed by atoms with Crippen LogP contribution >= 0.6 is 0 Å². The second kappa shape index (κ2) is 9.11. The first-order valence-corrected chi connectivity index (χ1v) is 12.7. The third-order valence-electron chi connectivity index (χ3n) is 7.48. The predicted octanol–water partition coefficient (Wildman–Crippen LogP) is 9.94. The third kappa shape index (κ3) is 3.47. The van der Waals surface area contributed by atoms with Crippen molar-refractivity contribution < 1.29 is 0 Å². The van der Waals surface area contributed by atoms with Crippen LogP contribution in [-0.4, -0.2) is 4.57 Å². The highest BCUT2D eigenvalue weighted by Crippen LogP contribution is 2.43. The van der Waals surface area contributed by atoms with Crippen LogP contribution in [0.25, 0.3) is 49.8 Å². The fourth-order valence-corrected chi connectivity index (χ4v) is 5.84. The molecule has 1 heteroatoms. The van der Waals surface area contributed by atoms with E-state index in [-0.39, 0.29) is 0 Å². The molecule has 0 radical (unpaired) electrons. The van der Waals surface area contributed by atoms with Gasteiger partial charge in [-0.2, -0.15) is 0 Å². The summed E-state index contributed by atoms with van der Waals surface area (Å²) in [5.41, 5.74) is 13.0. The predicted molar refractivity (Wildman–Crippen MR) is 161 cm³/mol. The Kier molecular flexibility index (Phi) is 5.62. The number of benzene rings is 4. The Hall–Kier alpha value is -4.62. The number of hydrogen-bond acceptors (Lipinski definition) is 0. The summed E-state index contributed by atoms with van der Waals surface area (Å²) in [6.45, 7) is 12.6. The van der Waals surface area contributed by atoms with Crippen molar-refractivity contribution in [1.29, 1.82) is 0 Å². The molecule has 1 aromatic heterocycles. The third-order valence-corrected chi connectivity index (χ3v) is 7.48. The van der Waals surface area contributed by atoms with Gasteiger partial charge < -0.3 is 4.57 Å². The first kappa shape index (κ1) is 22.8. The van der Waals surface area contributed by atoms with E-state index in [1.165, 1.54) is 55.2 Å². The van der Waals surface area contributed by atoms with Gasteiger partial charge in [0.2, 0.25) is 0 Å². The number of para-hydroxylation sites is 2. The summed E-state index contributed by atoms with van der Waals surface area (Å²) < 4.78 is 2.39. The lowest BCUT2D eigenvalue weighted by Crippen LogP contribution is -2.03. The fraction of sp³-hybridized carbons (Fsp3) is 0.0556. The number of nitrogens with zero attached hydrogens (tertiary/aromatic N) is 1. The van der Waals surface area contributed by atoms with E-state index in [4.69, 9.17) is 0 Å². The minimum Gasteiger partial charge on any atom is -0.309 e. The van der Waals surface area contributed by atoms with Gasteiger partial charge in [0.05, 0.1) is 11.0 Å². The molecule has 5 aromatic rings. The van der Waals surface area contributed by atoms with Gasteiger partial charge in [-0.05, 0) is 82.7 Å². The minimum atomic E-state index is 1.11. The van der Waals surface area contributed by atoms with Crippen molar-refractivity contribution in [3.63, 3.8) is 0 Å². The zero-order valence-corrected chi connectivity index (χ0v) is 21.3. The summed E-state index contributed by atoms with van der Waals surface area (Å²) >= 11 is 0. The molecule has 0 N–H and O–H groups in total. The van der Waals surface area contributed by atoms with E-state index in [9.17, 15) is 0 Å². The van der Waals surface area contributed by atoms with Crippen LogP contribution in [-0.2, 0) is 0 Å². The standard InChI is InChI=1S/C36H29N/c1-5-14-28-24(4)26(6-2)27(7-3)29-15-8-9-16-30(29)31-22-21-25(23-34(28)31)37-35-19-12-10-17-32(35)33-18-11-13-20-36(33)37/h5-23H,2-3H2,1,4H3/b14-5-,26-24?,27-26-,28-24-,29-27?,31-30?,34-28?. The van der Waals surface area contributed by atoms with Gasteiger partial charge in [-0.15, -0.1) is 0 Å². The molecule has 0 saturated heterocycles.